The number of benzene rings is 4. The van der Waals surface area contributed by atoms with E-state index < -0.39 is 0 Å². The second-order valence-corrected chi connectivity index (χ2v) is 10.6. The standard InChI is InChI=1S/C34H32N8/c1-3-13-29(14-4-1)36-32-37-33(39-34(38-32)41-19-9-2-10-20-41)40-35-22-28-24-42(31-16-8-7-15-30(28)31)23-25-17-18-26-11-5-6-12-27(26)21-25/h1,3-8,11-18,21-22,24H,2,9-10,19-20,23H2,(H2,36,37,38,39,40)/b35-22+. The first-order valence-electron chi connectivity index (χ1n) is 14.5. The van der Waals surface area contributed by atoms with Gasteiger partial charge in [0.2, 0.25) is 17.8 Å². The van der Waals surface area contributed by atoms with Gasteiger partial charge in [-0.2, -0.15) is 20.1 Å². The average Bonchev–Trinajstić information content (AvgIpc) is 3.39. The number of hydrogen-bond acceptors (Lipinski definition) is 7. The molecule has 208 valence electrons. The predicted molar refractivity (Wildman–Crippen MR) is 172 cm³/mol. The van der Waals surface area contributed by atoms with Crippen molar-refractivity contribution in [3.8, 4) is 0 Å². The Kier molecular flexibility index (Phi) is 7.16. The zero-order valence-electron chi connectivity index (χ0n) is 23.3. The van der Waals surface area contributed by atoms with Gasteiger partial charge in [-0.25, -0.2) is 5.43 Å². The van der Waals surface area contributed by atoms with Crippen LogP contribution in [0.5, 0.6) is 0 Å². The van der Waals surface area contributed by atoms with Gasteiger partial charge in [0.15, 0.2) is 0 Å². The summed E-state index contributed by atoms with van der Waals surface area (Å²) in [6, 6.07) is 33.5. The van der Waals surface area contributed by atoms with Crippen molar-refractivity contribution in [2.24, 2.45) is 5.10 Å². The van der Waals surface area contributed by atoms with Crippen LogP contribution in [0, 0.1) is 0 Å². The lowest BCUT2D eigenvalue weighted by Gasteiger charge is -2.26. The summed E-state index contributed by atoms with van der Waals surface area (Å²) >= 11 is 0. The molecule has 8 heteroatoms. The molecule has 6 aromatic rings. The highest BCUT2D eigenvalue weighted by Gasteiger charge is 2.16. The molecule has 0 spiro atoms. The number of nitrogens with zero attached hydrogens (tertiary/aromatic N) is 6. The summed E-state index contributed by atoms with van der Waals surface area (Å²) in [6.07, 6.45) is 7.50. The van der Waals surface area contributed by atoms with Crippen molar-refractivity contribution in [2.45, 2.75) is 25.8 Å². The smallest absolute Gasteiger partial charge is 0.250 e. The molecule has 2 N–H and O–H groups in total. The fraction of sp³-hybridized carbons (Fsp3) is 0.176. The minimum Gasteiger partial charge on any atom is -0.342 e. The summed E-state index contributed by atoms with van der Waals surface area (Å²) in [5.74, 6) is 1.55. The molecule has 0 amide bonds. The number of piperidine rings is 1. The highest BCUT2D eigenvalue weighted by molar-refractivity contribution is 5.99. The topological polar surface area (TPSA) is 83.3 Å². The summed E-state index contributed by atoms with van der Waals surface area (Å²) in [5, 5.41) is 11.5. The van der Waals surface area contributed by atoms with E-state index in [-0.39, 0.29) is 0 Å². The summed E-state index contributed by atoms with van der Waals surface area (Å²) in [6.45, 7) is 2.65. The van der Waals surface area contributed by atoms with Gasteiger partial charge >= 0.3 is 0 Å². The van der Waals surface area contributed by atoms with Crippen LogP contribution < -0.4 is 15.6 Å². The maximum absolute atomic E-state index is 4.72. The quantitative estimate of drug-likeness (QED) is 0.153. The second-order valence-electron chi connectivity index (χ2n) is 10.6. The fourth-order valence-electron chi connectivity index (χ4n) is 5.56. The molecule has 0 radical (unpaired) electrons. The number of rotatable bonds is 8. The van der Waals surface area contributed by atoms with Crippen molar-refractivity contribution in [1.29, 1.82) is 0 Å². The van der Waals surface area contributed by atoms with Gasteiger partial charge in [-0.15, -0.1) is 0 Å². The van der Waals surface area contributed by atoms with Crippen LogP contribution in [0.25, 0.3) is 21.7 Å². The number of aromatic nitrogens is 4. The van der Waals surface area contributed by atoms with Crippen LogP contribution in [0.3, 0.4) is 0 Å². The molecule has 0 atom stereocenters. The van der Waals surface area contributed by atoms with Crippen LogP contribution in [0.15, 0.2) is 108 Å². The van der Waals surface area contributed by atoms with Crippen molar-refractivity contribution in [3.63, 3.8) is 0 Å². The Morgan fingerprint density at radius 3 is 2.38 bits per heavy atom. The van der Waals surface area contributed by atoms with Crippen LogP contribution in [0.1, 0.15) is 30.4 Å². The Balaban J connectivity index is 1.15. The molecule has 0 saturated carbocycles. The Morgan fingerprint density at radius 2 is 1.50 bits per heavy atom. The number of hydrogen-bond donors (Lipinski definition) is 2. The Hall–Kier alpha value is -5.24. The zero-order chi connectivity index (χ0) is 28.1. The first kappa shape index (κ1) is 25.7. The lowest BCUT2D eigenvalue weighted by molar-refractivity contribution is 0.568. The third-order valence-electron chi connectivity index (χ3n) is 7.65. The van der Waals surface area contributed by atoms with E-state index in [2.05, 4.69) is 103 Å². The summed E-state index contributed by atoms with van der Waals surface area (Å²) < 4.78 is 2.28. The van der Waals surface area contributed by atoms with Gasteiger partial charge in [-0.1, -0.05) is 72.8 Å². The fourth-order valence-corrected chi connectivity index (χ4v) is 5.56. The molecule has 3 heterocycles. The molecule has 8 nitrogen and oxygen atoms in total. The highest BCUT2D eigenvalue weighted by atomic mass is 15.4. The van der Waals surface area contributed by atoms with Gasteiger partial charge in [0, 0.05) is 48.0 Å². The minimum atomic E-state index is 0.403. The van der Waals surface area contributed by atoms with Gasteiger partial charge in [-0.3, -0.25) is 0 Å². The molecule has 1 saturated heterocycles. The highest BCUT2D eigenvalue weighted by Crippen LogP contribution is 2.24. The first-order valence-corrected chi connectivity index (χ1v) is 14.5. The Labute approximate surface area is 244 Å². The SMILES string of the molecule is C(=N\Nc1nc(Nc2ccccc2)nc(N2CCCCC2)n1)/c1cn(Cc2ccc3ccccc3c2)c2ccccc12. The molecule has 1 aliphatic heterocycles. The van der Waals surface area contributed by atoms with E-state index in [4.69, 9.17) is 9.97 Å². The summed E-state index contributed by atoms with van der Waals surface area (Å²) in [7, 11) is 0. The van der Waals surface area contributed by atoms with E-state index in [9.17, 15) is 0 Å². The van der Waals surface area contributed by atoms with E-state index >= 15 is 0 Å². The van der Waals surface area contributed by atoms with E-state index in [1.165, 1.54) is 22.8 Å². The van der Waals surface area contributed by atoms with Crippen LogP contribution in [-0.2, 0) is 6.54 Å². The lowest BCUT2D eigenvalue weighted by Crippen LogP contribution is -2.31. The molecule has 4 aromatic carbocycles. The van der Waals surface area contributed by atoms with Crippen LogP contribution >= 0.6 is 0 Å². The largest absolute Gasteiger partial charge is 0.342 e. The summed E-state index contributed by atoms with van der Waals surface area (Å²) in [5.41, 5.74) is 7.43. The minimum absolute atomic E-state index is 0.403. The number of fused-ring (bicyclic) bond motifs is 2. The van der Waals surface area contributed by atoms with Gasteiger partial charge in [0.25, 0.3) is 0 Å². The molecular formula is C34H32N8. The molecular weight excluding hydrogens is 520 g/mol. The molecule has 0 aliphatic carbocycles. The van der Waals surface area contributed by atoms with Crippen LogP contribution in [0.4, 0.5) is 23.5 Å². The van der Waals surface area contributed by atoms with Crippen molar-refractivity contribution in [2.75, 3.05) is 28.7 Å². The average molecular weight is 553 g/mol. The van der Waals surface area contributed by atoms with Crippen molar-refractivity contribution < 1.29 is 0 Å². The molecule has 7 rings (SSSR count). The third-order valence-corrected chi connectivity index (χ3v) is 7.65. The van der Waals surface area contributed by atoms with Crippen molar-refractivity contribution >= 4 is 51.4 Å². The van der Waals surface area contributed by atoms with E-state index in [1.807, 2.05) is 36.5 Å². The van der Waals surface area contributed by atoms with Gasteiger partial charge in [-0.05, 0) is 59.9 Å². The van der Waals surface area contributed by atoms with Crippen molar-refractivity contribution in [3.05, 3.63) is 114 Å². The normalized spacial score (nSPS) is 13.7. The van der Waals surface area contributed by atoms with Gasteiger partial charge < -0.3 is 14.8 Å². The number of nitrogens with one attached hydrogen (secondary N) is 2. The maximum Gasteiger partial charge on any atom is 0.250 e. The molecule has 2 aromatic heterocycles. The number of hydrazone groups is 1. The lowest BCUT2D eigenvalue weighted by atomic mass is 10.1. The molecule has 0 bridgehead atoms. The van der Waals surface area contributed by atoms with Crippen molar-refractivity contribution in [1.82, 2.24) is 19.5 Å². The summed E-state index contributed by atoms with van der Waals surface area (Å²) in [4.78, 5) is 16.3. The van der Waals surface area contributed by atoms with Gasteiger partial charge in [0.05, 0.1) is 6.21 Å². The predicted octanol–water partition coefficient (Wildman–Crippen LogP) is 7.21. The zero-order valence-corrected chi connectivity index (χ0v) is 23.3. The maximum atomic E-state index is 4.72. The molecule has 1 fully saturated rings. The molecule has 0 unspecified atom stereocenters. The Bertz CT molecular complexity index is 1850. The monoisotopic (exact) mass is 552 g/mol. The Morgan fingerprint density at radius 1 is 0.738 bits per heavy atom. The third kappa shape index (κ3) is 5.65. The molecule has 1 aliphatic rings. The first-order chi connectivity index (χ1) is 20.8. The van der Waals surface area contributed by atoms with E-state index in [1.54, 1.807) is 0 Å². The van der Waals surface area contributed by atoms with E-state index in [0.717, 1.165) is 54.6 Å². The van der Waals surface area contributed by atoms with Gasteiger partial charge in [0.1, 0.15) is 0 Å². The molecule has 42 heavy (non-hydrogen) atoms. The van der Waals surface area contributed by atoms with Crippen LogP contribution in [0.2, 0.25) is 0 Å². The number of anilines is 4. The second kappa shape index (κ2) is 11.7. The van der Waals surface area contributed by atoms with E-state index in [0.29, 0.717) is 17.8 Å². The number of para-hydroxylation sites is 2. The van der Waals surface area contributed by atoms with Crippen LogP contribution in [-0.4, -0.2) is 38.8 Å².